The van der Waals surface area contributed by atoms with E-state index < -0.39 is 5.34 Å². The lowest BCUT2D eigenvalue weighted by Crippen LogP contribution is -2.01. The number of hydrogen-bond donors (Lipinski definition) is 0. The van der Waals surface area contributed by atoms with Crippen molar-refractivity contribution < 1.29 is 8.96 Å². The molecule has 0 spiro atoms. The van der Waals surface area contributed by atoms with Gasteiger partial charge in [-0.3, -0.25) is 0 Å². The average molecular weight is 165 g/mol. The van der Waals surface area contributed by atoms with Gasteiger partial charge in [-0.05, 0) is 6.42 Å². The highest BCUT2D eigenvalue weighted by atomic mass is 19.4. The van der Waals surface area contributed by atoms with Gasteiger partial charge in [0.05, 0.1) is 6.54 Å². The second kappa shape index (κ2) is 7.92. The Hall–Kier alpha value is -0.180. The Morgan fingerprint density at radius 3 is 2.00 bits per heavy atom. The molecule has 0 aromatic carbocycles. The molecule has 0 aliphatic carbocycles. The fourth-order valence-electron chi connectivity index (χ4n) is 1.01. The van der Waals surface area contributed by atoms with E-state index >= 15 is 0 Å². The number of unbranched alkanes of at least 4 members (excludes halogenated alkanes) is 5. The van der Waals surface area contributed by atoms with Crippen molar-refractivity contribution in [3.63, 3.8) is 0 Å². The van der Waals surface area contributed by atoms with E-state index in [1.165, 1.54) is 19.3 Å². The molecule has 0 amide bonds. The van der Waals surface area contributed by atoms with Gasteiger partial charge in [0.2, 0.25) is 0 Å². The summed E-state index contributed by atoms with van der Waals surface area (Å²) in [5.74, 6) is 0. The average Bonchev–Trinajstić information content (AvgIpc) is 1.96. The van der Waals surface area contributed by atoms with Crippen LogP contribution in [0.15, 0.2) is 0 Å². The van der Waals surface area contributed by atoms with Crippen LogP contribution in [-0.4, -0.2) is 11.9 Å². The van der Waals surface area contributed by atoms with Crippen molar-refractivity contribution in [3.8, 4) is 0 Å². The van der Waals surface area contributed by atoms with Crippen molar-refractivity contribution in [1.29, 1.82) is 0 Å². The minimum atomic E-state index is -0.736. The molecular formula is C8H17F2N. The number of hydrogen-bond acceptors (Lipinski definition) is 1. The van der Waals surface area contributed by atoms with Crippen LogP contribution in [0.4, 0.5) is 8.96 Å². The molecule has 0 bridgehead atoms. The van der Waals surface area contributed by atoms with Gasteiger partial charge in [0.15, 0.2) is 0 Å². The Balaban J connectivity index is 2.80. The van der Waals surface area contributed by atoms with E-state index in [0.29, 0.717) is 6.42 Å². The molecule has 1 nitrogen and oxygen atoms in total. The summed E-state index contributed by atoms with van der Waals surface area (Å²) in [5, 5.41) is -0.736. The van der Waals surface area contributed by atoms with E-state index in [1.54, 1.807) is 0 Å². The largest absolute Gasteiger partial charge is 0.102 e. The fourth-order valence-corrected chi connectivity index (χ4v) is 1.01. The summed E-state index contributed by atoms with van der Waals surface area (Å²) >= 11 is 0. The molecule has 0 aliphatic heterocycles. The predicted octanol–water partition coefficient (Wildman–Crippen LogP) is 3.42. The third-order valence-electron chi connectivity index (χ3n) is 1.68. The van der Waals surface area contributed by atoms with Crippen molar-refractivity contribution in [3.05, 3.63) is 0 Å². The van der Waals surface area contributed by atoms with Crippen LogP contribution in [0.5, 0.6) is 0 Å². The van der Waals surface area contributed by atoms with Crippen molar-refractivity contribution in [2.45, 2.75) is 45.4 Å². The van der Waals surface area contributed by atoms with Crippen LogP contribution < -0.4 is 0 Å². The Morgan fingerprint density at radius 2 is 1.45 bits per heavy atom. The molecule has 0 saturated heterocycles. The lowest BCUT2D eigenvalue weighted by atomic mass is 10.1. The second-order valence-electron chi connectivity index (χ2n) is 2.79. The second-order valence-corrected chi connectivity index (χ2v) is 2.79. The molecule has 0 unspecified atom stereocenters. The van der Waals surface area contributed by atoms with Gasteiger partial charge >= 0.3 is 0 Å². The van der Waals surface area contributed by atoms with Crippen molar-refractivity contribution in [2.75, 3.05) is 6.54 Å². The maximum Gasteiger partial charge on any atom is 0.0620 e. The zero-order chi connectivity index (χ0) is 8.53. The molecule has 0 atom stereocenters. The highest BCUT2D eigenvalue weighted by Gasteiger charge is 1.96. The molecule has 0 aliphatic rings. The first kappa shape index (κ1) is 10.8. The third-order valence-corrected chi connectivity index (χ3v) is 1.68. The lowest BCUT2D eigenvalue weighted by Gasteiger charge is -2.00. The normalized spacial score (nSPS) is 10.9. The Morgan fingerprint density at radius 1 is 0.909 bits per heavy atom. The van der Waals surface area contributed by atoms with Crippen LogP contribution in [0.25, 0.3) is 0 Å². The van der Waals surface area contributed by atoms with Crippen LogP contribution in [0.1, 0.15) is 45.4 Å². The molecular weight excluding hydrogens is 148 g/mol. The number of halogens is 2. The Bertz CT molecular complexity index is 76.5. The zero-order valence-electron chi connectivity index (χ0n) is 7.15. The Labute approximate surface area is 67.3 Å². The van der Waals surface area contributed by atoms with Gasteiger partial charge in [-0.1, -0.05) is 39.0 Å². The van der Waals surface area contributed by atoms with Gasteiger partial charge in [-0.2, -0.15) is 0 Å². The number of nitrogens with zero attached hydrogens (tertiary/aromatic N) is 1. The van der Waals surface area contributed by atoms with E-state index in [2.05, 4.69) is 6.92 Å². The minimum Gasteiger partial charge on any atom is -0.102 e. The summed E-state index contributed by atoms with van der Waals surface area (Å²) in [5.41, 5.74) is 0. The predicted molar refractivity (Wildman–Crippen MR) is 42.3 cm³/mol. The quantitative estimate of drug-likeness (QED) is 0.412. The SMILES string of the molecule is CCCCCCCCN(F)F. The van der Waals surface area contributed by atoms with E-state index in [4.69, 9.17) is 0 Å². The third kappa shape index (κ3) is 9.82. The van der Waals surface area contributed by atoms with Crippen LogP contribution >= 0.6 is 0 Å². The van der Waals surface area contributed by atoms with Crippen LogP contribution in [0, 0.1) is 0 Å². The molecule has 3 heteroatoms. The van der Waals surface area contributed by atoms with Crippen LogP contribution in [0.2, 0.25) is 0 Å². The minimum absolute atomic E-state index is 0.0773. The van der Waals surface area contributed by atoms with E-state index in [9.17, 15) is 8.96 Å². The number of rotatable bonds is 7. The first-order chi connectivity index (χ1) is 5.27. The monoisotopic (exact) mass is 165 g/mol. The first-order valence-corrected chi connectivity index (χ1v) is 4.36. The summed E-state index contributed by atoms with van der Waals surface area (Å²) in [7, 11) is 0. The smallest absolute Gasteiger partial charge is 0.0620 e. The highest BCUT2D eigenvalue weighted by molar-refractivity contribution is 4.43. The molecule has 0 heterocycles. The standard InChI is InChI=1S/C8H17F2N/c1-2-3-4-5-6-7-8-11(9)10/h2-8H2,1H3. The van der Waals surface area contributed by atoms with Crippen molar-refractivity contribution in [1.82, 2.24) is 5.34 Å². The maximum absolute atomic E-state index is 11.4. The van der Waals surface area contributed by atoms with Gasteiger partial charge < -0.3 is 0 Å². The molecule has 0 fully saturated rings. The molecule has 11 heavy (non-hydrogen) atoms. The first-order valence-electron chi connectivity index (χ1n) is 4.36. The van der Waals surface area contributed by atoms with E-state index in [-0.39, 0.29) is 6.54 Å². The molecule has 0 radical (unpaired) electrons. The van der Waals surface area contributed by atoms with Gasteiger partial charge in [0, 0.05) is 5.34 Å². The summed E-state index contributed by atoms with van der Waals surface area (Å²) in [6, 6.07) is 0. The summed E-state index contributed by atoms with van der Waals surface area (Å²) in [4.78, 5) is 0. The van der Waals surface area contributed by atoms with Gasteiger partial charge in [-0.25, -0.2) is 0 Å². The molecule has 68 valence electrons. The summed E-state index contributed by atoms with van der Waals surface area (Å²) < 4.78 is 22.9. The summed E-state index contributed by atoms with van der Waals surface area (Å²) in [6.45, 7) is 2.07. The van der Waals surface area contributed by atoms with Crippen LogP contribution in [0.3, 0.4) is 0 Å². The van der Waals surface area contributed by atoms with Crippen LogP contribution in [-0.2, 0) is 0 Å². The highest BCUT2D eigenvalue weighted by Crippen LogP contribution is 2.05. The Kier molecular flexibility index (Phi) is 7.79. The van der Waals surface area contributed by atoms with E-state index in [0.717, 1.165) is 12.8 Å². The maximum atomic E-state index is 11.4. The molecule has 0 aromatic rings. The molecule has 0 aromatic heterocycles. The molecule has 0 saturated carbocycles. The van der Waals surface area contributed by atoms with Gasteiger partial charge in [0.25, 0.3) is 0 Å². The van der Waals surface area contributed by atoms with Gasteiger partial charge in [-0.15, -0.1) is 8.96 Å². The lowest BCUT2D eigenvalue weighted by molar-refractivity contribution is -0.153. The topological polar surface area (TPSA) is 3.24 Å². The van der Waals surface area contributed by atoms with Crippen molar-refractivity contribution in [2.24, 2.45) is 0 Å². The molecule has 0 rings (SSSR count). The van der Waals surface area contributed by atoms with E-state index in [1.807, 2.05) is 0 Å². The van der Waals surface area contributed by atoms with Crippen molar-refractivity contribution >= 4 is 0 Å². The van der Waals surface area contributed by atoms with Gasteiger partial charge in [0.1, 0.15) is 0 Å². The molecule has 0 N–H and O–H groups in total. The zero-order valence-corrected chi connectivity index (χ0v) is 7.15. The fraction of sp³-hybridized carbons (Fsp3) is 1.00. The summed E-state index contributed by atoms with van der Waals surface area (Å²) in [6.07, 6.45) is 6.28.